The quantitative estimate of drug-likeness (QED) is 0.749. The van der Waals surface area contributed by atoms with E-state index in [9.17, 15) is 0 Å². The lowest BCUT2D eigenvalue weighted by molar-refractivity contribution is 0.453. The lowest BCUT2D eigenvalue weighted by atomic mass is 10.1. The van der Waals surface area contributed by atoms with E-state index < -0.39 is 0 Å². The van der Waals surface area contributed by atoms with Crippen molar-refractivity contribution in [3.05, 3.63) is 16.4 Å². The summed E-state index contributed by atoms with van der Waals surface area (Å²) >= 11 is 6.36. The van der Waals surface area contributed by atoms with Gasteiger partial charge in [0, 0.05) is 13.1 Å². The Hall–Kier alpha value is -0.540. The second-order valence-corrected chi connectivity index (χ2v) is 5.51. The summed E-state index contributed by atoms with van der Waals surface area (Å²) in [5.74, 6) is 0. The van der Waals surface area contributed by atoms with Crippen LogP contribution in [0.2, 0.25) is 5.02 Å². The maximum atomic E-state index is 6.36. The molecule has 1 N–H and O–H groups in total. The Morgan fingerprint density at radius 2 is 2.05 bits per heavy atom. The zero-order chi connectivity index (χ0) is 14.3. The van der Waals surface area contributed by atoms with Gasteiger partial charge in [-0.3, -0.25) is 4.68 Å². The van der Waals surface area contributed by atoms with Crippen molar-refractivity contribution in [1.29, 1.82) is 0 Å². The van der Waals surface area contributed by atoms with E-state index in [0.29, 0.717) is 6.04 Å². The molecular weight excluding hydrogens is 258 g/mol. The van der Waals surface area contributed by atoms with Gasteiger partial charge in [-0.1, -0.05) is 32.4 Å². The Balaban J connectivity index is 2.46. The third-order valence-corrected chi connectivity index (χ3v) is 4.08. The first-order chi connectivity index (χ1) is 9.13. The predicted octanol–water partition coefficient (Wildman–Crippen LogP) is 3.74. The fourth-order valence-corrected chi connectivity index (χ4v) is 2.79. The minimum atomic E-state index is 0.637. The molecule has 0 aliphatic heterocycles. The molecule has 0 saturated carbocycles. The molecule has 0 aliphatic rings. The van der Waals surface area contributed by atoms with E-state index >= 15 is 0 Å². The first-order valence-electron chi connectivity index (χ1n) is 7.57. The van der Waals surface area contributed by atoms with Crippen molar-refractivity contribution in [1.82, 2.24) is 15.1 Å². The summed E-state index contributed by atoms with van der Waals surface area (Å²) in [5.41, 5.74) is 2.21. The zero-order valence-corrected chi connectivity index (χ0v) is 13.6. The Bertz CT molecular complexity index is 374. The van der Waals surface area contributed by atoms with Gasteiger partial charge < -0.3 is 5.32 Å². The summed E-state index contributed by atoms with van der Waals surface area (Å²) in [6, 6.07) is 0.637. The Morgan fingerprint density at radius 3 is 2.58 bits per heavy atom. The van der Waals surface area contributed by atoms with Gasteiger partial charge in [0.2, 0.25) is 0 Å². The van der Waals surface area contributed by atoms with E-state index in [4.69, 9.17) is 11.6 Å². The zero-order valence-electron chi connectivity index (χ0n) is 12.8. The molecule has 0 aromatic carbocycles. The summed E-state index contributed by atoms with van der Waals surface area (Å²) in [7, 11) is 1.99. The number of aromatic nitrogens is 2. The molecule has 0 aliphatic carbocycles. The van der Waals surface area contributed by atoms with Gasteiger partial charge in [0.25, 0.3) is 0 Å². The number of nitrogens with one attached hydrogen (secondary N) is 1. The minimum Gasteiger partial charge on any atom is -0.314 e. The van der Waals surface area contributed by atoms with Gasteiger partial charge in [0.05, 0.1) is 16.4 Å². The van der Waals surface area contributed by atoms with Gasteiger partial charge in [-0.15, -0.1) is 0 Å². The van der Waals surface area contributed by atoms with E-state index in [1.54, 1.807) is 0 Å². The highest BCUT2D eigenvalue weighted by Crippen LogP contribution is 2.22. The Morgan fingerprint density at radius 1 is 1.32 bits per heavy atom. The maximum absolute atomic E-state index is 6.36. The molecule has 1 unspecified atom stereocenters. The van der Waals surface area contributed by atoms with Gasteiger partial charge in [-0.25, -0.2) is 0 Å². The molecule has 1 rings (SSSR count). The first-order valence-corrected chi connectivity index (χ1v) is 7.95. The molecule has 4 heteroatoms. The first kappa shape index (κ1) is 16.5. The minimum absolute atomic E-state index is 0.637. The summed E-state index contributed by atoms with van der Waals surface area (Å²) in [4.78, 5) is 0. The van der Waals surface area contributed by atoms with Crippen molar-refractivity contribution < 1.29 is 0 Å². The van der Waals surface area contributed by atoms with Gasteiger partial charge in [0.1, 0.15) is 0 Å². The summed E-state index contributed by atoms with van der Waals surface area (Å²) in [5, 5.41) is 8.94. The molecule has 110 valence electrons. The molecule has 1 aromatic heterocycles. The Kier molecular flexibility index (Phi) is 7.47. The van der Waals surface area contributed by atoms with Crippen LogP contribution in [0.5, 0.6) is 0 Å². The fraction of sp³-hybridized carbons (Fsp3) is 0.800. The van der Waals surface area contributed by atoms with Crippen LogP contribution in [0, 0.1) is 0 Å². The smallest absolute Gasteiger partial charge is 0.0849 e. The van der Waals surface area contributed by atoms with E-state index in [1.807, 2.05) is 11.7 Å². The molecule has 0 spiro atoms. The molecule has 0 bridgehead atoms. The van der Waals surface area contributed by atoms with Crippen LogP contribution in [-0.4, -0.2) is 22.4 Å². The predicted molar refractivity (Wildman–Crippen MR) is 82.9 cm³/mol. The van der Waals surface area contributed by atoms with Crippen LogP contribution in [0.4, 0.5) is 0 Å². The highest BCUT2D eigenvalue weighted by Gasteiger charge is 2.13. The number of hydrogen-bond donors (Lipinski definition) is 1. The lowest BCUT2D eigenvalue weighted by Crippen LogP contribution is -2.29. The molecule has 1 aromatic rings. The molecule has 3 nitrogen and oxygen atoms in total. The second-order valence-electron chi connectivity index (χ2n) is 5.14. The topological polar surface area (TPSA) is 29.9 Å². The maximum Gasteiger partial charge on any atom is 0.0849 e. The number of nitrogens with zero attached hydrogens (tertiary/aromatic N) is 2. The van der Waals surface area contributed by atoms with E-state index in [0.717, 1.165) is 36.5 Å². The summed E-state index contributed by atoms with van der Waals surface area (Å²) in [6.07, 6.45) is 6.69. The van der Waals surface area contributed by atoms with Gasteiger partial charge in [-0.2, -0.15) is 5.10 Å². The van der Waals surface area contributed by atoms with Crippen molar-refractivity contribution in [3.63, 3.8) is 0 Å². The summed E-state index contributed by atoms with van der Waals surface area (Å²) < 4.78 is 1.95. The number of halogens is 1. The highest BCUT2D eigenvalue weighted by molar-refractivity contribution is 6.31. The standard InChI is InChI=1S/C15H28ClN3/c1-5-11-17-12(6-2)9-8-10-14-15(16)13(7-3)18-19(14)4/h12,17H,5-11H2,1-4H3. The van der Waals surface area contributed by atoms with Crippen LogP contribution < -0.4 is 5.32 Å². The van der Waals surface area contributed by atoms with E-state index in [-0.39, 0.29) is 0 Å². The highest BCUT2D eigenvalue weighted by atomic mass is 35.5. The van der Waals surface area contributed by atoms with Crippen molar-refractivity contribution in [2.24, 2.45) is 7.05 Å². The van der Waals surface area contributed by atoms with Gasteiger partial charge in [0.15, 0.2) is 0 Å². The summed E-state index contributed by atoms with van der Waals surface area (Å²) in [6.45, 7) is 7.67. The molecular formula is C15H28ClN3. The SMILES string of the molecule is CCCNC(CC)CCCc1c(Cl)c(CC)nn1C. The van der Waals surface area contributed by atoms with Crippen molar-refractivity contribution in [3.8, 4) is 0 Å². The van der Waals surface area contributed by atoms with Gasteiger partial charge >= 0.3 is 0 Å². The van der Waals surface area contributed by atoms with E-state index in [2.05, 4.69) is 31.2 Å². The van der Waals surface area contributed by atoms with Crippen LogP contribution in [0.3, 0.4) is 0 Å². The normalized spacial score (nSPS) is 12.9. The molecule has 0 radical (unpaired) electrons. The van der Waals surface area contributed by atoms with E-state index in [1.165, 1.54) is 25.0 Å². The molecule has 1 atom stereocenters. The molecule has 0 saturated heterocycles. The molecule has 0 amide bonds. The molecule has 19 heavy (non-hydrogen) atoms. The van der Waals surface area contributed by atoms with Crippen LogP contribution in [0.25, 0.3) is 0 Å². The third-order valence-electron chi connectivity index (χ3n) is 3.64. The Labute approximate surface area is 122 Å². The van der Waals surface area contributed by atoms with Crippen LogP contribution in [0.15, 0.2) is 0 Å². The van der Waals surface area contributed by atoms with Gasteiger partial charge in [-0.05, 0) is 45.1 Å². The van der Waals surface area contributed by atoms with Crippen LogP contribution >= 0.6 is 11.6 Å². The third kappa shape index (κ3) is 4.81. The number of rotatable bonds is 9. The number of aryl methyl sites for hydroxylation is 2. The van der Waals surface area contributed by atoms with Crippen molar-refractivity contribution >= 4 is 11.6 Å². The average molecular weight is 286 g/mol. The van der Waals surface area contributed by atoms with Crippen LogP contribution in [0.1, 0.15) is 57.8 Å². The largest absolute Gasteiger partial charge is 0.314 e. The second kappa shape index (κ2) is 8.60. The number of hydrogen-bond acceptors (Lipinski definition) is 2. The lowest BCUT2D eigenvalue weighted by Gasteiger charge is -2.16. The monoisotopic (exact) mass is 285 g/mol. The van der Waals surface area contributed by atoms with Crippen LogP contribution in [-0.2, 0) is 19.9 Å². The van der Waals surface area contributed by atoms with Crippen molar-refractivity contribution in [2.75, 3.05) is 6.54 Å². The average Bonchev–Trinajstić information content (AvgIpc) is 2.69. The molecule has 1 heterocycles. The fourth-order valence-electron chi connectivity index (χ4n) is 2.41. The molecule has 0 fully saturated rings. The van der Waals surface area contributed by atoms with Crippen molar-refractivity contribution in [2.45, 2.75) is 65.3 Å².